The average molecular weight is 456 g/mol. The van der Waals surface area contributed by atoms with E-state index in [0.29, 0.717) is 15.0 Å². The molecule has 1 aromatic heterocycles. The molecule has 0 saturated carbocycles. The van der Waals surface area contributed by atoms with Crippen molar-refractivity contribution in [3.8, 4) is 0 Å². The van der Waals surface area contributed by atoms with Crippen LogP contribution in [0.25, 0.3) is 10.1 Å². The lowest BCUT2D eigenvalue weighted by molar-refractivity contribution is 0.0606. The van der Waals surface area contributed by atoms with Gasteiger partial charge in [-0.05, 0) is 48.6 Å². The minimum atomic E-state index is -0.437. The fourth-order valence-corrected chi connectivity index (χ4v) is 4.33. The monoisotopic (exact) mass is 454 g/mol. The number of methoxy groups -OCH3 is 1. The molecular weight excluding hydrogens is 444 g/mol. The van der Waals surface area contributed by atoms with Gasteiger partial charge in [0.1, 0.15) is 4.88 Å². The molecular formula is C17H12BrClN2O2S2. The predicted molar refractivity (Wildman–Crippen MR) is 112 cm³/mol. The Kier molecular flexibility index (Phi) is 5.58. The van der Waals surface area contributed by atoms with E-state index < -0.39 is 5.97 Å². The van der Waals surface area contributed by atoms with Gasteiger partial charge in [-0.2, -0.15) is 0 Å². The van der Waals surface area contributed by atoms with Crippen molar-refractivity contribution in [2.24, 2.45) is 0 Å². The molecule has 2 N–H and O–H groups in total. The first-order valence-corrected chi connectivity index (χ1v) is 9.51. The topological polar surface area (TPSA) is 50.4 Å². The summed E-state index contributed by atoms with van der Waals surface area (Å²) >= 11 is 16.3. The van der Waals surface area contributed by atoms with Crippen molar-refractivity contribution in [2.75, 3.05) is 17.7 Å². The lowest BCUT2D eigenvalue weighted by Gasteiger charge is -2.11. The molecule has 25 heavy (non-hydrogen) atoms. The highest BCUT2D eigenvalue weighted by atomic mass is 79.9. The minimum Gasteiger partial charge on any atom is -0.465 e. The van der Waals surface area contributed by atoms with Crippen LogP contribution in [-0.4, -0.2) is 18.2 Å². The molecule has 0 aliphatic carbocycles. The van der Waals surface area contributed by atoms with Crippen LogP contribution in [0, 0.1) is 0 Å². The van der Waals surface area contributed by atoms with Gasteiger partial charge in [0.25, 0.3) is 0 Å². The van der Waals surface area contributed by atoms with E-state index in [1.807, 2.05) is 42.5 Å². The Morgan fingerprint density at radius 2 is 1.92 bits per heavy atom. The maximum absolute atomic E-state index is 11.8. The van der Waals surface area contributed by atoms with Crippen LogP contribution in [-0.2, 0) is 4.74 Å². The minimum absolute atomic E-state index is 0.395. The lowest BCUT2D eigenvalue weighted by Crippen LogP contribution is -2.18. The van der Waals surface area contributed by atoms with E-state index in [9.17, 15) is 4.79 Å². The van der Waals surface area contributed by atoms with Crippen molar-refractivity contribution in [2.45, 2.75) is 0 Å². The second kappa shape index (κ2) is 7.70. The zero-order valence-corrected chi connectivity index (χ0v) is 16.9. The van der Waals surface area contributed by atoms with Crippen LogP contribution >= 0.6 is 51.1 Å². The molecule has 0 saturated heterocycles. The second-order valence-corrected chi connectivity index (χ2v) is 7.79. The first-order valence-electron chi connectivity index (χ1n) is 7.12. The van der Waals surface area contributed by atoms with Crippen molar-refractivity contribution >= 4 is 83.6 Å². The smallest absolute Gasteiger partial charge is 0.349 e. The first kappa shape index (κ1) is 18.1. The van der Waals surface area contributed by atoms with Crippen LogP contribution in [0.1, 0.15) is 9.67 Å². The van der Waals surface area contributed by atoms with Gasteiger partial charge in [0.2, 0.25) is 0 Å². The van der Waals surface area contributed by atoms with E-state index in [1.54, 1.807) is 0 Å². The van der Waals surface area contributed by atoms with E-state index in [1.165, 1.54) is 18.4 Å². The second-order valence-electron chi connectivity index (χ2n) is 5.04. The SMILES string of the molecule is COC(=O)c1sc2cc(NC(=S)Nc3cccc(Br)c3)ccc2c1Cl. The lowest BCUT2D eigenvalue weighted by atomic mass is 10.2. The molecule has 0 radical (unpaired) electrons. The molecule has 0 atom stereocenters. The highest BCUT2D eigenvalue weighted by Crippen LogP contribution is 2.37. The van der Waals surface area contributed by atoms with E-state index >= 15 is 0 Å². The van der Waals surface area contributed by atoms with Gasteiger partial charge in [-0.25, -0.2) is 4.79 Å². The van der Waals surface area contributed by atoms with Gasteiger partial charge < -0.3 is 15.4 Å². The number of esters is 1. The molecule has 0 fully saturated rings. The molecule has 0 amide bonds. The molecule has 0 aliphatic heterocycles. The van der Waals surface area contributed by atoms with Crippen LogP contribution in [0.2, 0.25) is 5.02 Å². The number of hydrogen-bond acceptors (Lipinski definition) is 4. The normalized spacial score (nSPS) is 10.5. The number of hydrogen-bond donors (Lipinski definition) is 2. The largest absolute Gasteiger partial charge is 0.465 e. The number of thiophene rings is 1. The number of rotatable bonds is 3. The summed E-state index contributed by atoms with van der Waals surface area (Å²) in [6.07, 6.45) is 0. The quantitative estimate of drug-likeness (QED) is 0.380. The number of nitrogens with one attached hydrogen (secondary N) is 2. The van der Waals surface area contributed by atoms with Gasteiger partial charge in [-0.15, -0.1) is 11.3 Å². The molecule has 4 nitrogen and oxygen atoms in total. The highest BCUT2D eigenvalue weighted by Gasteiger charge is 2.17. The van der Waals surface area contributed by atoms with E-state index in [0.717, 1.165) is 25.9 Å². The van der Waals surface area contributed by atoms with Gasteiger partial charge in [-0.1, -0.05) is 33.6 Å². The Bertz CT molecular complexity index is 974. The standard InChI is InChI=1S/C17H12BrClN2O2S2/c1-23-16(22)15-14(19)12-6-5-11(8-13(12)25-15)21-17(24)20-10-4-2-3-9(18)7-10/h2-8H,1H3,(H2,20,21,24). The number of anilines is 2. The summed E-state index contributed by atoms with van der Waals surface area (Å²) in [7, 11) is 1.34. The summed E-state index contributed by atoms with van der Waals surface area (Å²) in [5.74, 6) is -0.437. The molecule has 0 aliphatic rings. The zero-order chi connectivity index (χ0) is 18.0. The molecule has 3 aromatic rings. The van der Waals surface area contributed by atoms with Crippen LogP contribution in [0.15, 0.2) is 46.9 Å². The number of thiocarbonyl (C=S) groups is 1. The Hall–Kier alpha value is -1.67. The summed E-state index contributed by atoms with van der Waals surface area (Å²) in [6, 6.07) is 13.3. The molecule has 128 valence electrons. The summed E-state index contributed by atoms with van der Waals surface area (Å²) in [4.78, 5) is 12.1. The van der Waals surface area contributed by atoms with Crippen LogP contribution in [0.3, 0.4) is 0 Å². The maximum Gasteiger partial charge on any atom is 0.349 e. The Morgan fingerprint density at radius 3 is 2.60 bits per heavy atom. The number of carbonyl (C=O) groups excluding carboxylic acids is 1. The van der Waals surface area contributed by atoms with Gasteiger partial charge in [0.15, 0.2) is 5.11 Å². The molecule has 2 aromatic carbocycles. The third-order valence-corrected chi connectivity index (χ3v) is 5.68. The van der Waals surface area contributed by atoms with Crippen LogP contribution in [0.5, 0.6) is 0 Å². The van der Waals surface area contributed by atoms with Crippen LogP contribution < -0.4 is 10.6 Å². The predicted octanol–water partition coefficient (Wildman–Crippen LogP) is 5.91. The molecule has 0 spiro atoms. The van der Waals surface area contributed by atoms with Gasteiger partial charge in [-0.3, -0.25) is 0 Å². The number of benzene rings is 2. The molecule has 0 unspecified atom stereocenters. The van der Waals surface area contributed by atoms with E-state index in [4.69, 9.17) is 28.6 Å². The molecule has 3 rings (SSSR count). The summed E-state index contributed by atoms with van der Waals surface area (Å²) < 4.78 is 6.59. The number of ether oxygens (including phenoxy) is 1. The molecule has 0 bridgehead atoms. The fourth-order valence-electron chi connectivity index (χ4n) is 2.23. The zero-order valence-electron chi connectivity index (χ0n) is 12.9. The van der Waals surface area contributed by atoms with Crippen molar-refractivity contribution in [1.29, 1.82) is 0 Å². The number of fused-ring (bicyclic) bond motifs is 1. The third kappa shape index (κ3) is 4.12. The highest BCUT2D eigenvalue weighted by molar-refractivity contribution is 9.10. The third-order valence-electron chi connectivity index (χ3n) is 3.34. The van der Waals surface area contributed by atoms with Gasteiger partial charge >= 0.3 is 5.97 Å². The summed E-state index contributed by atoms with van der Waals surface area (Å²) in [6.45, 7) is 0. The molecule has 8 heteroatoms. The van der Waals surface area contributed by atoms with Gasteiger partial charge in [0.05, 0.1) is 12.1 Å². The molecule has 1 heterocycles. The van der Waals surface area contributed by atoms with E-state index in [-0.39, 0.29) is 0 Å². The Balaban J connectivity index is 1.80. The summed E-state index contributed by atoms with van der Waals surface area (Å²) in [5.41, 5.74) is 1.68. The Labute approximate surface area is 167 Å². The fraction of sp³-hybridized carbons (Fsp3) is 0.0588. The van der Waals surface area contributed by atoms with Gasteiger partial charge in [0, 0.05) is 25.9 Å². The average Bonchev–Trinajstić information content (AvgIpc) is 2.90. The number of halogens is 2. The van der Waals surface area contributed by atoms with Crippen molar-refractivity contribution in [3.63, 3.8) is 0 Å². The van der Waals surface area contributed by atoms with Crippen molar-refractivity contribution < 1.29 is 9.53 Å². The van der Waals surface area contributed by atoms with Crippen LogP contribution in [0.4, 0.5) is 11.4 Å². The van der Waals surface area contributed by atoms with E-state index in [2.05, 4.69) is 26.6 Å². The number of carbonyl (C=O) groups is 1. The first-order chi connectivity index (χ1) is 12.0. The summed E-state index contributed by atoms with van der Waals surface area (Å²) in [5, 5.41) is 7.93. The van der Waals surface area contributed by atoms with Crippen molar-refractivity contribution in [1.82, 2.24) is 0 Å². The van der Waals surface area contributed by atoms with Crippen molar-refractivity contribution in [3.05, 3.63) is 56.8 Å². The maximum atomic E-state index is 11.8. The Morgan fingerprint density at radius 1 is 1.20 bits per heavy atom.